The van der Waals surface area contributed by atoms with Crippen LogP contribution in [0.15, 0.2) is 48.7 Å². The van der Waals surface area contributed by atoms with Crippen LogP contribution in [0, 0.1) is 6.92 Å². The smallest absolute Gasteiger partial charge is 0.246 e. The number of anilines is 1. The zero-order chi connectivity index (χ0) is 26.4. The predicted octanol–water partition coefficient (Wildman–Crippen LogP) is 3.77. The number of thiophene rings is 1. The number of pyridine rings is 1. The first-order valence-corrected chi connectivity index (χ1v) is 13.2. The number of likely N-dealkylation sites (N-methyl/N-ethyl adjacent to an activating group) is 2. The van der Waals surface area contributed by atoms with Crippen LogP contribution in [0.3, 0.4) is 0 Å². The van der Waals surface area contributed by atoms with Crippen LogP contribution in [0.5, 0.6) is 0 Å². The highest BCUT2D eigenvalue weighted by Crippen LogP contribution is 2.31. The zero-order valence-corrected chi connectivity index (χ0v) is 22.4. The number of piperazine rings is 1. The van der Waals surface area contributed by atoms with Gasteiger partial charge in [-0.15, -0.1) is 11.3 Å². The van der Waals surface area contributed by atoms with E-state index in [1.165, 1.54) is 26.6 Å². The molecule has 0 bridgehead atoms. The molecule has 1 fully saturated rings. The molecule has 0 unspecified atom stereocenters. The fraction of sp³-hybridized carbons (Fsp3) is 0.357. The molecule has 1 N–H and O–H groups in total. The quantitative estimate of drug-likeness (QED) is 0.458. The molecule has 4 rings (SSSR count). The number of nitrogens with one attached hydrogen (secondary N) is 1. The molecule has 0 aliphatic carbocycles. The molecular formula is C28H33N5O3S. The van der Waals surface area contributed by atoms with Gasteiger partial charge >= 0.3 is 0 Å². The van der Waals surface area contributed by atoms with Crippen molar-refractivity contribution in [3.8, 4) is 0 Å². The maximum Gasteiger partial charge on any atom is 0.246 e. The molecular weight excluding hydrogens is 486 g/mol. The summed E-state index contributed by atoms with van der Waals surface area (Å²) >= 11 is 1.72. The number of fused-ring (bicyclic) bond motifs is 1. The van der Waals surface area contributed by atoms with Crippen molar-refractivity contribution < 1.29 is 14.4 Å². The molecule has 0 saturated carbocycles. The van der Waals surface area contributed by atoms with E-state index in [-0.39, 0.29) is 30.6 Å². The van der Waals surface area contributed by atoms with Gasteiger partial charge < -0.3 is 20.0 Å². The molecule has 1 saturated heterocycles. The monoisotopic (exact) mass is 519 g/mol. The Hall–Kier alpha value is -3.56. The van der Waals surface area contributed by atoms with E-state index in [1.54, 1.807) is 47.7 Å². The lowest BCUT2D eigenvalue weighted by Gasteiger charge is -2.32. The summed E-state index contributed by atoms with van der Waals surface area (Å²) in [5.41, 5.74) is 1.97. The van der Waals surface area contributed by atoms with Crippen molar-refractivity contribution in [1.82, 2.24) is 19.7 Å². The number of carbonyl (C=O) groups is 3. The highest BCUT2D eigenvalue weighted by atomic mass is 32.1. The third kappa shape index (κ3) is 7.02. The van der Waals surface area contributed by atoms with Gasteiger partial charge in [-0.25, -0.2) is 4.98 Å². The molecule has 1 aliphatic rings. The molecule has 3 amide bonds. The van der Waals surface area contributed by atoms with Gasteiger partial charge in [0.25, 0.3) is 0 Å². The van der Waals surface area contributed by atoms with E-state index in [0.717, 1.165) is 18.7 Å². The lowest BCUT2D eigenvalue weighted by atomic mass is 10.1. The zero-order valence-electron chi connectivity index (χ0n) is 21.6. The number of carbonyl (C=O) groups excluding carboxylic acids is 3. The second-order valence-corrected chi connectivity index (χ2v) is 10.5. The second-order valence-electron chi connectivity index (χ2n) is 9.38. The van der Waals surface area contributed by atoms with Crippen molar-refractivity contribution in [2.75, 3.05) is 45.6 Å². The van der Waals surface area contributed by atoms with Crippen LogP contribution in [0.25, 0.3) is 16.2 Å². The Bertz CT molecular complexity index is 1290. The summed E-state index contributed by atoms with van der Waals surface area (Å²) in [5.74, 6) is 0.0811. The van der Waals surface area contributed by atoms with Crippen molar-refractivity contribution in [1.29, 1.82) is 0 Å². The summed E-state index contributed by atoms with van der Waals surface area (Å²) in [6, 6.07) is 11.8. The lowest BCUT2D eigenvalue weighted by Crippen LogP contribution is -2.47. The third-order valence-electron chi connectivity index (χ3n) is 6.59. The molecule has 0 radical (unpaired) electrons. The van der Waals surface area contributed by atoms with Gasteiger partial charge in [-0.3, -0.25) is 14.4 Å². The number of aryl methyl sites for hydroxylation is 1. The fourth-order valence-electron chi connectivity index (χ4n) is 4.18. The summed E-state index contributed by atoms with van der Waals surface area (Å²) < 4.78 is 1.23. The van der Waals surface area contributed by atoms with Crippen LogP contribution in [0.1, 0.15) is 28.8 Å². The highest BCUT2D eigenvalue weighted by Gasteiger charge is 2.19. The Kier molecular flexibility index (Phi) is 8.68. The molecule has 8 nitrogen and oxygen atoms in total. The molecule has 0 spiro atoms. The minimum absolute atomic E-state index is 0.00819. The number of nitrogens with zero attached hydrogens (tertiary/aromatic N) is 4. The molecule has 37 heavy (non-hydrogen) atoms. The van der Waals surface area contributed by atoms with E-state index < -0.39 is 0 Å². The minimum Gasteiger partial charge on any atom is -0.340 e. The van der Waals surface area contributed by atoms with Gasteiger partial charge in [0.15, 0.2) is 0 Å². The lowest BCUT2D eigenvalue weighted by molar-refractivity contribution is -0.134. The Morgan fingerprint density at radius 1 is 1.08 bits per heavy atom. The van der Waals surface area contributed by atoms with E-state index in [1.807, 2.05) is 24.1 Å². The van der Waals surface area contributed by atoms with Crippen molar-refractivity contribution in [3.63, 3.8) is 0 Å². The van der Waals surface area contributed by atoms with E-state index in [2.05, 4.69) is 34.3 Å². The van der Waals surface area contributed by atoms with Crippen LogP contribution in [-0.4, -0.2) is 77.7 Å². The number of hydrogen-bond acceptors (Lipinski definition) is 6. The predicted molar refractivity (Wildman–Crippen MR) is 148 cm³/mol. The summed E-state index contributed by atoms with van der Waals surface area (Å²) in [6.07, 6.45) is 5.15. The maximum absolute atomic E-state index is 12.6. The van der Waals surface area contributed by atoms with Gasteiger partial charge in [0, 0.05) is 67.9 Å². The largest absolute Gasteiger partial charge is 0.340 e. The Morgan fingerprint density at radius 2 is 1.84 bits per heavy atom. The molecule has 1 aliphatic heterocycles. The molecule has 194 valence electrons. The number of hydrogen-bond donors (Lipinski definition) is 1. The van der Waals surface area contributed by atoms with E-state index in [0.29, 0.717) is 25.5 Å². The van der Waals surface area contributed by atoms with Gasteiger partial charge in [0.05, 0.1) is 6.54 Å². The Labute approximate surface area is 221 Å². The number of aromatic nitrogens is 1. The first-order chi connectivity index (χ1) is 17.8. The molecule has 1 aromatic carbocycles. The Morgan fingerprint density at radius 3 is 2.54 bits per heavy atom. The highest BCUT2D eigenvalue weighted by molar-refractivity contribution is 7.19. The summed E-state index contributed by atoms with van der Waals surface area (Å²) in [7, 11) is 3.83. The third-order valence-corrected chi connectivity index (χ3v) is 7.85. The van der Waals surface area contributed by atoms with Gasteiger partial charge in [-0.05, 0) is 54.8 Å². The Balaban J connectivity index is 1.24. The summed E-state index contributed by atoms with van der Waals surface area (Å²) in [6.45, 7) is 5.77. The fourth-order valence-corrected chi connectivity index (χ4v) is 5.45. The first kappa shape index (κ1) is 26.5. The van der Waals surface area contributed by atoms with Crippen LogP contribution in [0.2, 0.25) is 0 Å². The minimum atomic E-state index is -0.244. The maximum atomic E-state index is 12.6. The van der Waals surface area contributed by atoms with Crippen LogP contribution >= 0.6 is 11.3 Å². The second kappa shape index (κ2) is 12.1. The summed E-state index contributed by atoms with van der Waals surface area (Å²) in [5, 5.41) is 3.97. The van der Waals surface area contributed by atoms with E-state index in [9.17, 15) is 14.4 Å². The summed E-state index contributed by atoms with van der Waals surface area (Å²) in [4.78, 5) is 48.4. The number of benzene rings is 1. The van der Waals surface area contributed by atoms with Gasteiger partial charge in [-0.1, -0.05) is 18.2 Å². The van der Waals surface area contributed by atoms with Gasteiger partial charge in [0.1, 0.15) is 5.82 Å². The standard InChI is InChI=1S/C28H33N5O3S/c1-20-22-6-4-5-7-23(22)37-24(20)19-32(3)27(35)12-9-21-8-10-25(29-18-21)30-26(34)11-13-28(36)33-16-14-31(2)15-17-33/h4-10,12,18H,11,13-17,19H2,1-3H3,(H,29,30,34). The topological polar surface area (TPSA) is 85.8 Å². The van der Waals surface area contributed by atoms with Crippen molar-refractivity contribution in [2.24, 2.45) is 0 Å². The van der Waals surface area contributed by atoms with E-state index >= 15 is 0 Å². The normalized spacial score (nSPS) is 14.3. The van der Waals surface area contributed by atoms with Gasteiger partial charge in [0.2, 0.25) is 17.7 Å². The first-order valence-electron chi connectivity index (χ1n) is 12.4. The molecule has 0 atom stereocenters. The van der Waals surface area contributed by atoms with Crippen molar-refractivity contribution >= 4 is 51.0 Å². The molecule has 2 aromatic heterocycles. The molecule has 3 heterocycles. The number of rotatable bonds is 8. The van der Waals surface area contributed by atoms with Crippen molar-refractivity contribution in [2.45, 2.75) is 26.3 Å². The SMILES string of the molecule is Cc1c(CN(C)C(=O)C=Cc2ccc(NC(=O)CCC(=O)N3CCN(C)CC3)nc2)sc2ccccc12. The average Bonchev–Trinajstić information content (AvgIpc) is 3.22. The molecule has 3 aromatic rings. The van der Waals surface area contributed by atoms with Crippen LogP contribution in [-0.2, 0) is 20.9 Å². The van der Waals surface area contributed by atoms with E-state index in [4.69, 9.17) is 0 Å². The van der Waals surface area contributed by atoms with Crippen LogP contribution < -0.4 is 5.32 Å². The van der Waals surface area contributed by atoms with Gasteiger partial charge in [-0.2, -0.15) is 0 Å². The molecule has 9 heteroatoms. The average molecular weight is 520 g/mol. The number of amides is 3. The van der Waals surface area contributed by atoms with Crippen molar-refractivity contribution in [3.05, 3.63) is 64.7 Å². The van der Waals surface area contributed by atoms with Crippen LogP contribution in [0.4, 0.5) is 5.82 Å².